The first kappa shape index (κ1) is 20.8. The number of rotatable bonds is 5. The molecule has 1 saturated heterocycles. The van der Waals surface area contributed by atoms with E-state index in [1.165, 1.54) is 18.2 Å². The van der Waals surface area contributed by atoms with E-state index in [-0.39, 0.29) is 10.8 Å². The fraction of sp³-hybridized carbons (Fsp3) is 0.350. The molecule has 1 fully saturated rings. The van der Waals surface area contributed by atoms with Gasteiger partial charge in [0.05, 0.1) is 10.6 Å². The van der Waals surface area contributed by atoms with Crippen LogP contribution in [0.1, 0.15) is 29.8 Å². The van der Waals surface area contributed by atoms with Gasteiger partial charge in [-0.1, -0.05) is 6.07 Å². The molecule has 1 aromatic carbocycles. The van der Waals surface area contributed by atoms with Gasteiger partial charge in [-0.3, -0.25) is 9.48 Å². The number of aromatic nitrogens is 2. The molecule has 2 heterocycles. The summed E-state index contributed by atoms with van der Waals surface area (Å²) in [5, 5.41) is 7.01. The highest BCUT2D eigenvalue weighted by atomic mass is 32.2. The van der Waals surface area contributed by atoms with E-state index in [1.54, 1.807) is 22.9 Å². The van der Waals surface area contributed by atoms with Crippen molar-refractivity contribution < 1.29 is 13.2 Å². The molecule has 8 nitrogen and oxygen atoms in total. The average molecular weight is 416 g/mol. The molecule has 9 heteroatoms. The van der Waals surface area contributed by atoms with E-state index in [2.05, 4.69) is 14.8 Å². The molecule has 2 aromatic rings. The number of sulfonamides is 1. The molecule has 3 rings (SSSR count). The van der Waals surface area contributed by atoms with Crippen LogP contribution < -0.4 is 5.32 Å². The molecule has 1 aliphatic heterocycles. The molecule has 1 N–H and O–H groups in total. The monoisotopic (exact) mass is 415 g/mol. The average Bonchev–Trinajstić information content (AvgIpc) is 3.16. The molecule has 154 valence electrons. The quantitative estimate of drug-likeness (QED) is 0.757. The lowest BCUT2D eigenvalue weighted by Gasteiger charge is -2.11. The Labute approximate surface area is 171 Å². The number of likely N-dealkylation sites (tertiary alicyclic amines) is 1. The van der Waals surface area contributed by atoms with E-state index >= 15 is 0 Å². The van der Waals surface area contributed by atoms with Crippen molar-refractivity contribution >= 4 is 33.5 Å². The number of hydrogen-bond donors (Lipinski definition) is 1. The number of amides is 1. The second kappa shape index (κ2) is 8.20. The molecule has 0 bridgehead atoms. The maximum Gasteiger partial charge on any atom is 0.284 e. The number of anilines is 1. The van der Waals surface area contributed by atoms with E-state index in [9.17, 15) is 13.2 Å². The first-order valence-electron chi connectivity index (χ1n) is 9.31. The van der Waals surface area contributed by atoms with Crippen molar-refractivity contribution in [2.45, 2.75) is 31.6 Å². The summed E-state index contributed by atoms with van der Waals surface area (Å²) in [5.74, 6) is 0.202. The van der Waals surface area contributed by atoms with Gasteiger partial charge in [-0.15, -0.1) is 4.40 Å². The number of amidine groups is 1. The van der Waals surface area contributed by atoms with Crippen LogP contribution in [0.2, 0.25) is 0 Å². The van der Waals surface area contributed by atoms with Crippen molar-refractivity contribution in [1.82, 2.24) is 14.7 Å². The minimum absolute atomic E-state index is 0.0472. The van der Waals surface area contributed by atoms with E-state index in [0.29, 0.717) is 17.9 Å². The first-order chi connectivity index (χ1) is 13.7. The minimum atomic E-state index is -3.83. The molecule has 1 amide bonds. The SMILES string of the molecule is Cc1nn(C)c(C)c1C=CC(=O)Nc1cccc(S(=O)(=O)N=C2CCCN2C)c1. The highest BCUT2D eigenvalue weighted by Gasteiger charge is 2.20. The minimum Gasteiger partial charge on any atom is -0.362 e. The smallest absolute Gasteiger partial charge is 0.284 e. The Bertz CT molecular complexity index is 1100. The summed E-state index contributed by atoms with van der Waals surface area (Å²) in [6, 6.07) is 6.11. The Balaban J connectivity index is 1.76. The van der Waals surface area contributed by atoms with Gasteiger partial charge < -0.3 is 10.2 Å². The third-order valence-electron chi connectivity index (χ3n) is 4.93. The van der Waals surface area contributed by atoms with Crippen molar-refractivity contribution in [1.29, 1.82) is 0 Å². The molecular weight excluding hydrogens is 390 g/mol. The van der Waals surface area contributed by atoms with Crippen LogP contribution in [-0.4, -0.2) is 48.4 Å². The van der Waals surface area contributed by atoms with Crippen molar-refractivity contribution in [2.24, 2.45) is 11.4 Å². The van der Waals surface area contributed by atoms with Crippen LogP contribution in [0.5, 0.6) is 0 Å². The van der Waals surface area contributed by atoms with Crippen LogP contribution >= 0.6 is 0 Å². The van der Waals surface area contributed by atoms with E-state index < -0.39 is 10.0 Å². The van der Waals surface area contributed by atoms with Gasteiger partial charge in [0.25, 0.3) is 10.0 Å². The second-order valence-corrected chi connectivity index (χ2v) is 8.67. The summed E-state index contributed by atoms with van der Waals surface area (Å²) in [6.45, 7) is 4.60. The Morgan fingerprint density at radius 1 is 1.28 bits per heavy atom. The van der Waals surface area contributed by atoms with Crippen LogP contribution in [0.4, 0.5) is 5.69 Å². The van der Waals surface area contributed by atoms with Gasteiger partial charge in [0.15, 0.2) is 0 Å². The summed E-state index contributed by atoms with van der Waals surface area (Å²) in [7, 11) is -0.158. The standard InChI is InChI=1S/C20H25N5O3S/c1-14-18(15(2)25(4)22-14)10-11-20(26)21-16-7-5-8-17(13-16)29(27,28)23-19-9-6-12-24(19)3/h5,7-8,10-11,13H,6,9,12H2,1-4H3,(H,21,26). The zero-order valence-electron chi connectivity index (χ0n) is 17.0. The molecule has 0 unspecified atom stereocenters. The normalized spacial score (nSPS) is 16.1. The van der Waals surface area contributed by atoms with Crippen molar-refractivity contribution in [3.05, 3.63) is 47.3 Å². The van der Waals surface area contributed by atoms with Crippen molar-refractivity contribution in [3.63, 3.8) is 0 Å². The lowest BCUT2D eigenvalue weighted by Crippen LogP contribution is -2.20. The summed E-state index contributed by atoms with van der Waals surface area (Å²) >= 11 is 0. The summed E-state index contributed by atoms with van der Waals surface area (Å²) in [4.78, 5) is 14.2. The van der Waals surface area contributed by atoms with Gasteiger partial charge >= 0.3 is 0 Å². The Hall–Kier alpha value is -2.94. The maximum absolute atomic E-state index is 12.6. The summed E-state index contributed by atoms with van der Waals surface area (Å²) < 4.78 is 30.9. The summed E-state index contributed by atoms with van der Waals surface area (Å²) in [6.07, 6.45) is 4.65. The van der Waals surface area contributed by atoms with Gasteiger partial charge in [-0.2, -0.15) is 13.5 Å². The van der Waals surface area contributed by atoms with E-state index in [4.69, 9.17) is 0 Å². The first-order valence-corrected chi connectivity index (χ1v) is 10.8. The molecule has 0 spiro atoms. The zero-order chi connectivity index (χ0) is 21.2. The molecule has 0 saturated carbocycles. The van der Waals surface area contributed by atoms with Crippen LogP contribution in [0.25, 0.3) is 6.08 Å². The Kier molecular flexibility index (Phi) is 5.88. The van der Waals surface area contributed by atoms with Gasteiger partial charge in [0, 0.05) is 50.1 Å². The number of nitrogens with zero attached hydrogens (tertiary/aromatic N) is 4. The third kappa shape index (κ3) is 4.73. The lowest BCUT2D eigenvalue weighted by atomic mass is 10.2. The fourth-order valence-corrected chi connectivity index (χ4v) is 4.35. The number of hydrogen-bond acceptors (Lipinski definition) is 4. The molecule has 0 radical (unpaired) electrons. The van der Waals surface area contributed by atoms with Crippen molar-refractivity contribution in [3.8, 4) is 0 Å². The number of aryl methyl sites for hydroxylation is 2. The van der Waals surface area contributed by atoms with Gasteiger partial charge in [-0.05, 0) is 44.5 Å². The van der Waals surface area contributed by atoms with Crippen LogP contribution in [-0.2, 0) is 21.9 Å². The third-order valence-corrected chi connectivity index (χ3v) is 6.23. The fourth-order valence-electron chi connectivity index (χ4n) is 3.21. The second-order valence-electron chi connectivity index (χ2n) is 7.07. The Morgan fingerprint density at radius 3 is 2.66 bits per heavy atom. The van der Waals surface area contributed by atoms with Crippen LogP contribution in [0, 0.1) is 13.8 Å². The highest BCUT2D eigenvalue weighted by Crippen LogP contribution is 2.20. The predicted molar refractivity (Wildman–Crippen MR) is 113 cm³/mol. The Morgan fingerprint density at radius 2 is 2.03 bits per heavy atom. The van der Waals surface area contributed by atoms with E-state index in [0.717, 1.165) is 29.9 Å². The highest BCUT2D eigenvalue weighted by molar-refractivity contribution is 7.90. The zero-order valence-corrected chi connectivity index (χ0v) is 17.8. The number of carbonyl (C=O) groups is 1. The van der Waals surface area contributed by atoms with Crippen LogP contribution in [0.15, 0.2) is 39.6 Å². The number of carbonyl (C=O) groups excluding carboxylic acids is 1. The topological polar surface area (TPSA) is 96.7 Å². The van der Waals surface area contributed by atoms with E-state index in [1.807, 2.05) is 32.8 Å². The van der Waals surface area contributed by atoms with Crippen LogP contribution in [0.3, 0.4) is 0 Å². The maximum atomic E-state index is 12.6. The number of nitrogens with one attached hydrogen (secondary N) is 1. The molecule has 0 aliphatic carbocycles. The van der Waals surface area contributed by atoms with Gasteiger partial charge in [0.1, 0.15) is 5.84 Å². The van der Waals surface area contributed by atoms with Gasteiger partial charge in [-0.25, -0.2) is 0 Å². The molecule has 1 aliphatic rings. The predicted octanol–water partition coefficient (Wildman–Crippen LogP) is 2.50. The van der Waals surface area contributed by atoms with Crippen molar-refractivity contribution in [2.75, 3.05) is 18.9 Å². The molecule has 1 aromatic heterocycles. The number of benzene rings is 1. The van der Waals surface area contributed by atoms with Gasteiger partial charge in [0.2, 0.25) is 5.91 Å². The molecule has 0 atom stereocenters. The largest absolute Gasteiger partial charge is 0.362 e. The molecule has 29 heavy (non-hydrogen) atoms. The summed E-state index contributed by atoms with van der Waals surface area (Å²) in [5.41, 5.74) is 3.06. The molecular formula is C20H25N5O3S. The lowest BCUT2D eigenvalue weighted by molar-refractivity contribution is -0.111.